The van der Waals surface area contributed by atoms with Crippen LogP contribution in [0.4, 0.5) is 30.5 Å². The molecule has 0 radical (unpaired) electrons. The molecule has 1 amide bonds. The zero-order valence-corrected chi connectivity index (χ0v) is 24.0. The van der Waals surface area contributed by atoms with E-state index in [1.54, 1.807) is 18.5 Å². The Bertz CT molecular complexity index is 1490. The van der Waals surface area contributed by atoms with Crippen LogP contribution >= 0.6 is 0 Å². The lowest BCUT2D eigenvalue weighted by Gasteiger charge is -2.44. The van der Waals surface area contributed by atoms with E-state index in [0.29, 0.717) is 68.3 Å². The summed E-state index contributed by atoms with van der Waals surface area (Å²) >= 11 is 0. The van der Waals surface area contributed by atoms with Crippen molar-refractivity contribution in [2.45, 2.75) is 39.0 Å². The fourth-order valence-corrected chi connectivity index (χ4v) is 5.44. The number of aromatic amines is 1. The van der Waals surface area contributed by atoms with Crippen molar-refractivity contribution in [3.05, 3.63) is 63.8 Å². The fourth-order valence-electron chi connectivity index (χ4n) is 5.44. The Kier molecular flexibility index (Phi) is 8.24. The van der Waals surface area contributed by atoms with E-state index in [9.17, 15) is 22.8 Å². The number of anilines is 3. The minimum atomic E-state index is -4.88. The van der Waals surface area contributed by atoms with Gasteiger partial charge >= 0.3 is 6.18 Å². The molecule has 42 heavy (non-hydrogen) atoms. The summed E-state index contributed by atoms with van der Waals surface area (Å²) in [6, 6.07) is 4.49. The first-order chi connectivity index (χ1) is 19.9. The van der Waals surface area contributed by atoms with Crippen LogP contribution in [0.3, 0.4) is 0 Å². The lowest BCUT2D eigenvalue weighted by atomic mass is 9.99. The maximum Gasteiger partial charge on any atom is 0.417 e. The first-order valence-electron chi connectivity index (χ1n) is 13.8. The maximum atomic E-state index is 13.8. The number of carbonyl (C=O) groups is 1. The molecule has 2 aromatic heterocycles. The van der Waals surface area contributed by atoms with E-state index in [-0.39, 0.29) is 12.1 Å². The van der Waals surface area contributed by atoms with Crippen molar-refractivity contribution in [2.24, 2.45) is 0 Å². The smallest absolute Gasteiger partial charge is 0.378 e. The molecule has 0 bridgehead atoms. The van der Waals surface area contributed by atoms with Gasteiger partial charge in [0.1, 0.15) is 0 Å². The Morgan fingerprint density at radius 1 is 1.05 bits per heavy atom. The Morgan fingerprint density at radius 2 is 1.69 bits per heavy atom. The molecule has 3 aromatic rings. The van der Waals surface area contributed by atoms with Gasteiger partial charge in [-0.05, 0) is 51.1 Å². The molecule has 0 unspecified atom stereocenters. The number of benzene rings is 1. The highest BCUT2D eigenvalue weighted by Gasteiger charge is 2.36. The number of likely N-dealkylation sites (N-methyl/N-ethyl adjacent to an activating group) is 1. The van der Waals surface area contributed by atoms with Gasteiger partial charge in [0.05, 0.1) is 35.7 Å². The van der Waals surface area contributed by atoms with Crippen LogP contribution in [-0.4, -0.2) is 84.3 Å². The van der Waals surface area contributed by atoms with Gasteiger partial charge in [0.25, 0.3) is 5.91 Å². The molecule has 224 valence electrons. The van der Waals surface area contributed by atoms with Crippen molar-refractivity contribution in [1.82, 2.24) is 19.9 Å². The van der Waals surface area contributed by atoms with Crippen molar-refractivity contribution in [3.8, 4) is 11.1 Å². The zero-order chi connectivity index (χ0) is 30.2. The molecule has 5 rings (SSSR count). The fraction of sp³-hybridized carbons (Fsp3) is 0.448. The summed E-state index contributed by atoms with van der Waals surface area (Å²) in [6.07, 6.45) is -0.679. The van der Waals surface area contributed by atoms with E-state index >= 15 is 0 Å². The van der Waals surface area contributed by atoms with E-state index in [4.69, 9.17) is 4.74 Å². The molecule has 0 spiro atoms. The molecule has 2 atom stereocenters. The third kappa shape index (κ3) is 6.12. The Morgan fingerprint density at radius 3 is 2.31 bits per heavy atom. The summed E-state index contributed by atoms with van der Waals surface area (Å²) in [7, 11) is 2.05. The number of amides is 1. The third-order valence-electron chi connectivity index (χ3n) is 8.01. The van der Waals surface area contributed by atoms with Gasteiger partial charge in [-0.2, -0.15) is 13.2 Å². The minimum Gasteiger partial charge on any atom is -0.378 e. The van der Waals surface area contributed by atoms with Gasteiger partial charge in [-0.1, -0.05) is 0 Å². The van der Waals surface area contributed by atoms with Crippen LogP contribution < -0.4 is 20.7 Å². The number of hydrogen-bond donors (Lipinski definition) is 2. The number of aromatic nitrogens is 3. The first kappa shape index (κ1) is 29.5. The maximum absolute atomic E-state index is 13.8. The molecular formula is C29H34F3N7O3. The molecule has 1 aromatic carbocycles. The minimum absolute atomic E-state index is 0.203. The van der Waals surface area contributed by atoms with Crippen LogP contribution in [-0.2, 0) is 10.9 Å². The molecule has 0 aliphatic carbocycles. The van der Waals surface area contributed by atoms with Gasteiger partial charge < -0.3 is 24.8 Å². The van der Waals surface area contributed by atoms with Gasteiger partial charge in [-0.25, -0.2) is 9.97 Å². The van der Waals surface area contributed by atoms with Gasteiger partial charge in [0.15, 0.2) is 0 Å². The molecule has 2 N–H and O–H groups in total. The summed E-state index contributed by atoms with van der Waals surface area (Å²) in [5.41, 5.74) is 0.451. The number of piperazine rings is 1. The molecule has 0 saturated carbocycles. The second-order valence-corrected chi connectivity index (χ2v) is 10.9. The number of halogens is 3. The monoisotopic (exact) mass is 585 g/mol. The number of hydrogen-bond acceptors (Lipinski definition) is 8. The lowest BCUT2D eigenvalue weighted by Crippen LogP contribution is -2.55. The molecular weight excluding hydrogens is 551 g/mol. The highest BCUT2D eigenvalue weighted by molar-refractivity contribution is 6.07. The number of aryl methyl sites for hydroxylation is 1. The summed E-state index contributed by atoms with van der Waals surface area (Å²) in [5, 5.41) is 2.72. The Hall–Kier alpha value is -3.97. The van der Waals surface area contributed by atoms with Gasteiger partial charge in [-0.3, -0.25) is 14.5 Å². The predicted octanol–water partition coefficient (Wildman–Crippen LogP) is 3.78. The van der Waals surface area contributed by atoms with Crippen LogP contribution in [0.2, 0.25) is 0 Å². The number of nitrogens with one attached hydrogen (secondary N) is 2. The average Bonchev–Trinajstić information content (AvgIpc) is 2.96. The Balaban J connectivity index is 1.54. The molecule has 2 aliphatic heterocycles. The van der Waals surface area contributed by atoms with E-state index in [1.807, 2.05) is 17.9 Å². The van der Waals surface area contributed by atoms with Crippen LogP contribution in [0.25, 0.3) is 11.1 Å². The number of rotatable bonds is 5. The zero-order valence-electron chi connectivity index (χ0n) is 24.0. The number of H-pyrrole nitrogens is 1. The highest BCUT2D eigenvalue weighted by atomic mass is 19.4. The van der Waals surface area contributed by atoms with Crippen LogP contribution in [0.15, 0.2) is 41.6 Å². The third-order valence-corrected chi connectivity index (χ3v) is 8.01. The van der Waals surface area contributed by atoms with Gasteiger partial charge in [-0.15, -0.1) is 0 Å². The average molecular weight is 586 g/mol. The molecule has 13 heteroatoms. The molecule has 10 nitrogen and oxygen atoms in total. The van der Waals surface area contributed by atoms with Crippen molar-refractivity contribution in [3.63, 3.8) is 0 Å². The first-order valence-corrected chi connectivity index (χ1v) is 13.8. The standard InChI is InChI=1S/C29H34F3N7O3/c1-17-9-25(39-15-18(2)37(4)19(3)16-39)24(36-27(41)22-14-33-26(40)11-23(22)29(30,31)32)10-21(17)20-12-34-28(35-13-20)38-5-7-42-8-6-38/h9-14,18-19H,5-8,15-16H2,1-4H3,(H,33,40)(H,36,41)/t18-,19+. The summed E-state index contributed by atoms with van der Waals surface area (Å²) in [6.45, 7) is 10.0. The molecule has 4 heterocycles. The quantitative estimate of drug-likeness (QED) is 0.466. The Labute approximate surface area is 241 Å². The van der Waals surface area contributed by atoms with Crippen LogP contribution in [0, 0.1) is 6.92 Å². The van der Waals surface area contributed by atoms with Gasteiger partial charge in [0.2, 0.25) is 11.5 Å². The topological polar surface area (TPSA) is 107 Å². The van der Waals surface area contributed by atoms with E-state index < -0.39 is 28.8 Å². The number of pyridine rings is 1. The highest BCUT2D eigenvalue weighted by Crippen LogP contribution is 2.37. The summed E-state index contributed by atoms with van der Waals surface area (Å²) in [4.78, 5) is 42.7. The largest absolute Gasteiger partial charge is 0.417 e. The second kappa shape index (κ2) is 11.7. The number of ether oxygens (including phenoxy) is 1. The molecule has 2 saturated heterocycles. The van der Waals surface area contributed by atoms with Crippen LogP contribution in [0.1, 0.15) is 35.3 Å². The van der Waals surface area contributed by atoms with Crippen molar-refractivity contribution in [2.75, 3.05) is 61.6 Å². The normalized spacial score (nSPS) is 20.1. The van der Waals surface area contributed by atoms with Crippen molar-refractivity contribution >= 4 is 23.2 Å². The SMILES string of the molecule is Cc1cc(N2C[C@@H](C)N(C)[C@@H](C)C2)c(NC(=O)c2c[nH]c(=O)cc2C(F)(F)F)cc1-c1cnc(N2CCOCC2)nc1. The van der Waals surface area contributed by atoms with E-state index in [0.717, 1.165) is 17.3 Å². The predicted molar refractivity (Wildman–Crippen MR) is 154 cm³/mol. The number of carbonyl (C=O) groups excluding carboxylic acids is 1. The second-order valence-electron chi connectivity index (χ2n) is 10.9. The van der Waals surface area contributed by atoms with Crippen molar-refractivity contribution < 1.29 is 22.7 Å². The number of morpholine rings is 1. The van der Waals surface area contributed by atoms with Crippen LogP contribution in [0.5, 0.6) is 0 Å². The van der Waals surface area contributed by atoms with Crippen molar-refractivity contribution in [1.29, 1.82) is 0 Å². The summed E-state index contributed by atoms with van der Waals surface area (Å²) < 4.78 is 46.7. The number of alkyl halides is 3. The number of nitrogens with zero attached hydrogens (tertiary/aromatic N) is 5. The summed E-state index contributed by atoms with van der Waals surface area (Å²) in [5.74, 6) is -0.397. The molecule has 2 fully saturated rings. The lowest BCUT2D eigenvalue weighted by molar-refractivity contribution is -0.138. The van der Waals surface area contributed by atoms with E-state index in [1.165, 1.54) is 0 Å². The molecule has 2 aliphatic rings. The van der Waals surface area contributed by atoms with Gasteiger partial charge in [0, 0.05) is 68.5 Å². The van der Waals surface area contributed by atoms with E-state index in [2.05, 4.69) is 51.0 Å².